The number of hydrogen-bond donors (Lipinski definition) is 0. The van der Waals surface area contributed by atoms with Crippen LogP contribution in [-0.4, -0.2) is 16.5 Å². The second kappa shape index (κ2) is 7.79. The molecule has 2 heterocycles. The van der Waals surface area contributed by atoms with E-state index in [1.54, 1.807) is 6.07 Å². The molecule has 0 bridgehead atoms. The molecule has 0 spiro atoms. The van der Waals surface area contributed by atoms with E-state index in [1.807, 2.05) is 17.5 Å². The Morgan fingerprint density at radius 2 is 2.08 bits per heavy atom. The van der Waals surface area contributed by atoms with Gasteiger partial charge in [0.15, 0.2) is 5.78 Å². The number of ketones is 1. The van der Waals surface area contributed by atoms with Crippen molar-refractivity contribution in [2.45, 2.75) is 5.03 Å². The highest BCUT2D eigenvalue weighted by Gasteiger charge is 2.16. The molecule has 0 atom stereocenters. The summed E-state index contributed by atoms with van der Waals surface area (Å²) >= 11 is 8.73. The maximum Gasteiger partial charge on any atom is 0.173 e. The molecule has 1 aromatic carbocycles. The highest BCUT2D eigenvalue weighted by Crippen LogP contribution is 2.34. The van der Waals surface area contributed by atoms with Gasteiger partial charge in [-0.3, -0.25) is 4.79 Å². The third-order valence-electron chi connectivity index (χ3n) is 3.36. The zero-order chi connectivity index (χ0) is 17.8. The van der Waals surface area contributed by atoms with Gasteiger partial charge in [-0.15, -0.1) is 11.3 Å². The van der Waals surface area contributed by atoms with Crippen molar-refractivity contribution in [3.8, 4) is 16.5 Å². The van der Waals surface area contributed by atoms with E-state index in [-0.39, 0.29) is 16.7 Å². The van der Waals surface area contributed by atoms with E-state index >= 15 is 0 Å². The lowest BCUT2D eigenvalue weighted by Gasteiger charge is -2.08. The molecule has 3 nitrogen and oxygen atoms in total. The van der Waals surface area contributed by atoms with Crippen LogP contribution in [0.1, 0.15) is 15.9 Å². The van der Waals surface area contributed by atoms with E-state index in [1.165, 1.54) is 35.6 Å². The SMILES string of the molecule is N#Cc1c(-c2cccs2)cc(Cl)nc1SCC(=O)c1ccc(F)cc1. The fraction of sp³-hybridized carbons (Fsp3) is 0.0556. The van der Waals surface area contributed by atoms with Gasteiger partial charge in [-0.25, -0.2) is 9.37 Å². The number of carbonyl (C=O) groups excluding carboxylic acids is 1. The summed E-state index contributed by atoms with van der Waals surface area (Å²) in [7, 11) is 0. The van der Waals surface area contributed by atoms with Gasteiger partial charge < -0.3 is 0 Å². The van der Waals surface area contributed by atoms with Crippen LogP contribution in [0.3, 0.4) is 0 Å². The van der Waals surface area contributed by atoms with Gasteiger partial charge in [0.05, 0.1) is 11.3 Å². The Balaban J connectivity index is 1.86. The lowest BCUT2D eigenvalue weighted by Crippen LogP contribution is -2.03. The minimum atomic E-state index is -0.395. The van der Waals surface area contributed by atoms with Crippen LogP contribution < -0.4 is 0 Å². The minimum Gasteiger partial charge on any atom is -0.293 e. The molecular weight excluding hydrogens is 379 g/mol. The Bertz CT molecular complexity index is 950. The summed E-state index contributed by atoms with van der Waals surface area (Å²) in [6.07, 6.45) is 0. The van der Waals surface area contributed by atoms with Gasteiger partial charge in [0.1, 0.15) is 22.1 Å². The number of nitriles is 1. The molecule has 124 valence electrons. The van der Waals surface area contributed by atoms with E-state index in [0.29, 0.717) is 21.7 Å². The fourth-order valence-corrected chi connectivity index (χ4v) is 4.07. The highest BCUT2D eigenvalue weighted by molar-refractivity contribution is 8.00. The average Bonchev–Trinajstić information content (AvgIpc) is 3.14. The molecule has 7 heteroatoms. The van der Waals surface area contributed by atoms with Crippen LogP contribution in [0.25, 0.3) is 10.4 Å². The molecule has 0 amide bonds. The van der Waals surface area contributed by atoms with Crippen LogP contribution in [0, 0.1) is 17.1 Å². The van der Waals surface area contributed by atoms with Gasteiger partial charge in [-0.1, -0.05) is 29.4 Å². The zero-order valence-electron chi connectivity index (χ0n) is 12.7. The van der Waals surface area contributed by atoms with Crippen molar-refractivity contribution in [3.63, 3.8) is 0 Å². The molecular formula is C18H10ClFN2OS2. The maximum absolute atomic E-state index is 12.9. The summed E-state index contributed by atoms with van der Waals surface area (Å²) in [5, 5.41) is 12.1. The highest BCUT2D eigenvalue weighted by atomic mass is 35.5. The van der Waals surface area contributed by atoms with Gasteiger partial charge in [0.2, 0.25) is 0 Å². The van der Waals surface area contributed by atoms with Crippen LogP contribution in [0.5, 0.6) is 0 Å². The molecule has 0 saturated carbocycles. The second-order valence-electron chi connectivity index (χ2n) is 4.98. The third kappa shape index (κ3) is 4.07. The number of pyridine rings is 1. The van der Waals surface area contributed by atoms with Crippen LogP contribution in [-0.2, 0) is 0 Å². The number of carbonyl (C=O) groups is 1. The first-order valence-electron chi connectivity index (χ1n) is 7.14. The summed E-state index contributed by atoms with van der Waals surface area (Å²) < 4.78 is 12.9. The van der Waals surface area contributed by atoms with Gasteiger partial charge in [-0.05, 0) is 41.8 Å². The zero-order valence-corrected chi connectivity index (χ0v) is 15.1. The Hall–Kier alpha value is -2.20. The predicted molar refractivity (Wildman–Crippen MR) is 98.7 cm³/mol. The smallest absolute Gasteiger partial charge is 0.173 e. The number of nitrogens with zero attached hydrogens (tertiary/aromatic N) is 2. The van der Waals surface area contributed by atoms with Crippen molar-refractivity contribution in [3.05, 3.63) is 69.9 Å². The summed E-state index contributed by atoms with van der Waals surface area (Å²) in [6, 6.07) is 12.9. The Kier molecular flexibility index (Phi) is 5.49. The molecule has 0 saturated heterocycles. The van der Waals surface area contributed by atoms with E-state index in [9.17, 15) is 14.4 Å². The first-order valence-corrected chi connectivity index (χ1v) is 9.39. The molecule has 25 heavy (non-hydrogen) atoms. The molecule has 3 rings (SSSR count). The molecule has 0 aliphatic carbocycles. The first kappa shape index (κ1) is 17.6. The van der Waals surface area contributed by atoms with Crippen LogP contribution in [0.4, 0.5) is 4.39 Å². The average molecular weight is 389 g/mol. The summed E-state index contributed by atoms with van der Waals surface area (Å²) in [5.74, 6) is -0.487. The lowest BCUT2D eigenvalue weighted by atomic mass is 10.1. The van der Waals surface area contributed by atoms with Crippen LogP contribution in [0.15, 0.2) is 52.9 Å². The molecule has 2 aromatic heterocycles. The monoisotopic (exact) mass is 388 g/mol. The number of thiophene rings is 1. The molecule has 0 unspecified atom stereocenters. The number of rotatable bonds is 5. The lowest BCUT2D eigenvalue weighted by molar-refractivity contribution is 0.102. The number of aromatic nitrogens is 1. The van der Waals surface area contributed by atoms with E-state index < -0.39 is 5.82 Å². The number of Topliss-reactive ketones (excluding diaryl/α,β-unsaturated/α-hetero) is 1. The summed E-state index contributed by atoms with van der Waals surface area (Å²) in [6.45, 7) is 0. The van der Waals surface area contributed by atoms with Crippen molar-refractivity contribution in [2.75, 3.05) is 5.75 Å². The van der Waals surface area contributed by atoms with Crippen molar-refractivity contribution in [1.29, 1.82) is 5.26 Å². The third-order valence-corrected chi connectivity index (χ3v) is 5.43. The van der Waals surface area contributed by atoms with Gasteiger partial charge in [-0.2, -0.15) is 5.26 Å². The molecule has 0 aliphatic rings. The number of benzene rings is 1. The van der Waals surface area contributed by atoms with Gasteiger partial charge in [0.25, 0.3) is 0 Å². The molecule has 0 fully saturated rings. The topological polar surface area (TPSA) is 53.8 Å². The van der Waals surface area contributed by atoms with Crippen molar-refractivity contribution < 1.29 is 9.18 Å². The van der Waals surface area contributed by atoms with E-state index in [4.69, 9.17) is 11.6 Å². The summed E-state index contributed by atoms with van der Waals surface area (Å²) in [5.41, 5.74) is 1.51. The number of halogens is 2. The van der Waals surface area contributed by atoms with Crippen LogP contribution in [0.2, 0.25) is 5.15 Å². The molecule has 0 N–H and O–H groups in total. The van der Waals surface area contributed by atoms with E-state index in [0.717, 1.165) is 16.6 Å². The molecule has 0 radical (unpaired) electrons. The Labute approximate surface area is 157 Å². The number of thioether (sulfide) groups is 1. The van der Waals surface area contributed by atoms with E-state index in [2.05, 4.69) is 11.1 Å². The first-order chi connectivity index (χ1) is 12.1. The Morgan fingerprint density at radius 1 is 1.32 bits per heavy atom. The van der Waals surface area contributed by atoms with Gasteiger partial charge in [0, 0.05) is 16.0 Å². The largest absolute Gasteiger partial charge is 0.293 e. The summed E-state index contributed by atoms with van der Waals surface area (Å²) in [4.78, 5) is 17.3. The van der Waals surface area contributed by atoms with Crippen molar-refractivity contribution in [1.82, 2.24) is 4.98 Å². The molecule has 0 aliphatic heterocycles. The second-order valence-corrected chi connectivity index (χ2v) is 7.28. The minimum absolute atomic E-state index is 0.0809. The standard InChI is InChI=1S/C18H10ClFN2OS2/c19-17-8-13(16-2-1-7-24-16)14(9-21)18(22-17)25-10-15(23)11-3-5-12(20)6-4-11/h1-8H,10H2. The number of hydrogen-bond acceptors (Lipinski definition) is 5. The normalized spacial score (nSPS) is 10.4. The van der Waals surface area contributed by atoms with Gasteiger partial charge >= 0.3 is 0 Å². The maximum atomic E-state index is 12.9. The fourth-order valence-electron chi connectivity index (χ4n) is 2.18. The quantitative estimate of drug-likeness (QED) is 0.331. The van der Waals surface area contributed by atoms with Crippen LogP contribution >= 0.6 is 34.7 Å². The Morgan fingerprint density at radius 3 is 2.72 bits per heavy atom. The van der Waals surface area contributed by atoms with Crippen molar-refractivity contribution >= 4 is 40.5 Å². The predicted octanol–water partition coefficient (Wildman–Crippen LogP) is 5.45. The van der Waals surface area contributed by atoms with Crippen molar-refractivity contribution in [2.24, 2.45) is 0 Å². The molecule has 3 aromatic rings.